The van der Waals surface area contributed by atoms with Crippen molar-refractivity contribution in [1.82, 2.24) is 4.90 Å². The van der Waals surface area contributed by atoms with E-state index in [1.165, 1.54) is 29.2 Å². The minimum absolute atomic E-state index is 0.0257. The van der Waals surface area contributed by atoms with Crippen molar-refractivity contribution in [2.75, 3.05) is 0 Å². The Morgan fingerprint density at radius 3 is 2.16 bits per heavy atom. The number of alkyl halides is 3. The van der Waals surface area contributed by atoms with Gasteiger partial charge in [0.05, 0.1) is 16.7 Å². The molecule has 1 aliphatic heterocycles. The third-order valence-electron chi connectivity index (χ3n) is 6.73. The second-order valence-corrected chi connectivity index (χ2v) is 13.3. The van der Waals surface area contributed by atoms with Gasteiger partial charge in [0.25, 0.3) is 0 Å². The average molecular weight is 554 g/mol. The van der Waals surface area contributed by atoms with Crippen LogP contribution in [0.5, 0.6) is 0 Å². The monoisotopic (exact) mass is 553 g/mol. The maximum absolute atomic E-state index is 13.5. The molecule has 38 heavy (non-hydrogen) atoms. The molecular formula is C27H30F3NO6S. The molecule has 4 rings (SSSR count). The van der Waals surface area contributed by atoms with Crippen LogP contribution in [0.2, 0.25) is 0 Å². The highest BCUT2D eigenvalue weighted by atomic mass is 32.2. The van der Waals surface area contributed by atoms with E-state index >= 15 is 0 Å². The third kappa shape index (κ3) is 5.44. The van der Waals surface area contributed by atoms with E-state index in [4.69, 9.17) is 4.74 Å². The van der Waals surface area contributed by atoms with E-state index in [1.807, 2.05) is 0 Å². The van der Waals surface area contributed by atoms with Gasteiger partial charge in [0.1, 0.15) is 11.6 Å². The molecule has 0 bridgehead atoms. The number of sulfone groups is 1. The van der Waals surface area contributed by atoms with Gasteiger partial charge in [0.2, 0.25) is 0 Å². The Labute approximate surface area is 219 Å². The van der Waals surface area contributed by atoms with Crippen LogP contribution >= 0.6 is 0 Å². The lowest BCUT2D eigenvalue weighted by Gasteiger charge is -2.28. The van der Waals surface area contributed by atoms with Gasteiger partial charge in [0, 0.05) is 6.42 Å². The standard InChI is InChI=1S/C27H30F3NO6S/c1-25(2,3)37-24(33)31-15-17-14-20(38(35,36)19-9-10-19)11-12-21(17)23(31)22(32)13-16-5-7-18(8-6-16)26(4,34)27(28,29)30/h5-8,11-12,14,19,23,34H,9-10,13,15H2,1-4H3. The summed E-state index contributed by atoms with van der Waals surface area (Å²) in [5.41, 5.74) is -2.87. The number of halogens is 3. The number of hydrogen-bond acceptors (Lipinski definition) is 6. The number of aliphatic hydroxyl groups is 1. The van der Waals surface area contributed by atoms with Crippen molar-refractivity contribution in [1.29, 1.82) is 0 Å². The van der Waals surface area contributed by atoms with Crippen molar-refractivity contribution < 1.29 is 41.0 Å². The highest BCUT2D eigenvalue weighted by molar-refractivity contribution is 7.92. The number of ketones is 1. The van der Waals surface area contributed by atoms with Gasteiger partial charge < -0.3 is 9.84 Å². The van der Waals surface area contributed by atoms with E-state index in [0.717, 1.165) is 12.1 Å². The van der Waals surface area contributed by atoms with Crippen molar-refractivity contribution in [3.63, 3.8) is 0 Å². The molecule has 0 saturated heterocycles. The van der Waals surface area contributed by atoms with Crippen molar-refractivity contribution in [3.05, 3.63) is 64.7 Å². The normalized spacial score (nSPS) is 19.6. The zero-order valence-electron chi connectivity index (χ0n) is 21.5. The number of hydrogen-bond donors (Lipinski definition) is 1. The Bertz CT molecular complexity index is 1360. The molecular weight excluding hydrogens is 523 g/mol. The number of amides is 1. The molecule has 11 heteroatoms. The number of carbonyl (C=O) groups is 2. The second kappa shape index (κ2) is 9.37. The molecule has 2 aromatic rings. The summed E-state index contributed by atoms with van der Waals surface area (Å²) in [5, 5.41) is 9.48. The minimum atomic E-state index is -4.88. The van der Waals surface area contributed by atoms with Crippen LogP contribution in [0.15, 0.2) is 47.4 Å². The minimum Gasteiger partial charge on any atom is -0.444 e. The molecule has 1 fully saturated rings. The van der Waals surface area contributed by atoms with Crippen LogP contribution in [0.25, 0.3) is 0 Å². The van der Waals surface area contributed by atoms with Crippen LogP contribution in [-0.4, -0.2) is 47.3 Å². The van der Waals surface area contributed by atoms with E-state index < -0.39 is 50.4 Å². The quantitative estimate of drug-likeness (QED) is 0.541. The summed E-state index contributed by atoms with van der Waals surface area (Å²) in [7, 11) is -3.49. The van der Waals surface area contributed by atoms with Crippen molar-refractivity contribution >= 4 is 21.7 Å². The number of nitrogens with zero attached hydrogens (tertiary/aromatic N) is 1. The SMILES string of the molecule is CC(C)(C)OC(=O)N1Cc2cc(S(=O)(=O)C3CC3)ccc2C1C(=O)Cc1ccc(C(C)(O)C(F)(F)F)cc1. The maximum atomic E-state index is 13.5. The van der Waals surface area contributed by atoms with Crippen molar-refractivity contribution in [2.24, 2.45) is 0 Å². The van der Waals surface area contributed by atoms with Crippen LogP contribution in [0.4, 0.5) is 18.0 Å². The number of rotatable bonds is 6. The molecule has 1 aliphatic carbocycles. The fraction of sp³-hybridized carbons (Fsp3) is 0.481. The molecule has 0 radical (unpaired) electrons. The summed E-state index contributed by atoms with van der Waals surface area (Å²) in [4.78, 5) is 27.9. The molecule has 1 saturated carbocycles. The first-order valence-electron chi connectivity index (χ1n) is 12.2. The van der Waals surface area contributed by atoms with Gasteiger partial charge in [-0.15, -0.1) is 0 Å². The summed E-state index contributed by atoms with van der Waals surface area (Å²) in [6, 6.07) is 8.30. The van der Waals surface area contributed by atoms with Gasteiger partial charge in [-0.3, -0.25) is 9.69 Å². The predicted octanol–water partition coefficient (Wildman–Crippen LogP) is 5.00. The zero-order valence-corrected chi connectivity index (χ0v) is 22.3. The van der Waals surface area contributed by atoms with Gasteiger partial charge in [-0.1, -0.05) is 30.3 Å². The highest BCUT2D eigenvalue weighted by Gasteiger charge is 2.51. The zero-order chi connectivity index (χ0) is 28.3. The van der Waals surface area contributed by atoms with Gasteiger partial charge in [-0.25, -0.2) is 13.2 Å². The Kier molecular flexibility index (Phi) is 6.93. The number of Topliss-reactive ketones (excluding diaryl/α,β-unsaturated/α-hetero) is 1. The molecule has 1 N–H and O–H groups in total. The lowest BCUT2D eigenvalue weighted by atomic mass is 9.92. The second-order valence-electron chi connectivity index (χ2n) is 11.0. The van der Waals surface area contributed by atoms with Crippen molar-refractivity contribution in [3.8, 4) is 0 Å². The molecule has 206 valence electrons. The van der Waals surface area contributed by atoms with Crippen LogP contribution in [-0.2, 0) is 37.9 Å². The molecule has 2 atom stereocenters. The molecule has 7 nitrogen and oxygen atoms in total. The Balaban J connectivity index is 1.63. The fourth-order valence-corrected chi connectivity index (χ4v) is 6.13. The predicted molar refractivity (Wildman–Crippen MR) is 132 cm³/mol. The first-order valence-corrected chi connectivity index (χ1v) is 13.7. The van der Waals surface area contributed by atoms with E-state index in [0.29, 0.717) is 36.5 Å². The topological polar surface area (TPSA) is 101 Å². The smallest absolute Gasteiger partial charge is 0.421 e. The number of carbonyl (C=O) groups excluding carboxylic acids is 2. The number of fused-ring (bicyclic) bond motifs is 1. The Morgan fingerprint density at radius 2 is 1.63 bits per heavy atom. The van der Waals surface area contributed by atoms with E-state index in [2.05, 4.69) is 0 Å². The van der Waals surface area contributed by atoms with Crippen LogP contribution in [0.1, 0.15) is 68.8 Å². The van der Waals surface area contributed by atoms with Crippen LogP contribution < -0.4 is 0 Å². The number of ether oxygens (including phenoxy) is 1. The van der Waals surface area contributed by atoms with Crippen LogP contribution in [0, 0.1) is 0 Å². The molecule has 1 amide bonds. The van der Waals surface area contributed by atoms with E-state index in [1.54, 1.807) is 26.8 Å². The Hall–Kier alpha value is -2.92. The summed E-state index contributed by atoms with van der Waals surface area (Å²) < 4.78 is 70.5. The molecule has 0 spiro atoms. The maximum Gasteiger partial charge on any atom is 0.421 e. The first kappa shape index (κ1) is 28.1. The Morgan fingerprint density at radius 1 is 1.03 bits per heavy atom. The molecule has 2 aliphatic rings. The fourth-order valence-electron chi connectivity index (χ4n) is 4.42. The lowest BCUT2D eigenvalue weighted by Crippen LogP contribution is -2.39. The van der Waals surface area contributed by atoms with Gasteiger partial charge in [-0.2, -0.15) is 13.2 Å². The van der Waals surface area contributed by atoms with Gasteiger partial charge in [-0.05, 0) is 74.9 Å². The molecule has 0 aromatic heterocycles. The lowest BCUT2D eigenvalue weighted by molar-refractivity contribution is -0.258. The van der Waals surface area contributed by atoms with Gasteiger partial charge in [0.15, 0.2) is 21.2 Å². The average Bonchev–Trinajstić information content (AvgIpc) is 3.58. The van der Waals surface area contributed by atoms with E-state index in [9.17, 15) is 36.3 Å². The summed E-state index contributed by atoms with van der Waals surface area (Å²) >= 11 is 0. The molecule has 1 heterocycles. The van der Waals surface area contributed by atoms with E-state index in [-0.39, 0.29) is 23.4 Å². The summed E-state index contributed by atoms with van der Waals surface area (Å²) in [5.74, 6) is -0.414. The highest BCUT2D eigenvalue weighted by Crippen LogP contribution is 2.41. The van der Waals surface area contributed by atoms with Crippen molar-refractivity contribution in [2.45, 2.75) is 87.1 Å². The largest absolute Gasteiger partial charge is 0.444 e. The van der Waals surface area contributed by atoms with Gasteiger partial charge >= 0.3 is 12.3 Å². The first-order chi connectivity index (χ1) is 17.4. The number of benzene rings is 2. The summed E-state index contributed by atoms with van der Waals surface area (Å²) in [6.07, 6.45) is -4.63. The molecule has 2 aromatic carbocycles. The summed E-state index contributed by atoms with van der Waals surface area (Å²) in [6.45, 7) is 5.68. The third-order valence-corrected chi connectivity index (χ3v) is 8.99. The molecule has 2 unspecified atom stereocenters. The van der Waals surface area contributed by atoms with Crippen LogP contribution in [0.3, 0.4) is 0 Å².